The van der Waals surface area contributed by atoms with Crippen LogP contribution in [0.15, 0.2) is 12.3 Å². The summed E-state index contributed by atoms with van der Waals surface area (Å²) >= 11 is 6.31. The maximum absolute atomic E-state index is 12.5. The third kappa shape index (κ3) is 4.35. The number of carbonyl (C=O) groups excluding carboxylic acids is 2. The molecule has 26 heavy (non-hydrogen) atoms. The quantitative estimate of drug-likeness (QED) is 0.691. The predicted molar refractivity (Wildman–Crippen MR) is 98.2 cm³/mol. The number of ether oxygens (including phenoxy) is 1. The number of rotatable bonds is 4. The first-order valence-corrected chi connectivity index (χ1v) is 9.29. The van der Waals surface area contributed by atoms with Crippen LogP contribution in [0.1, 0.15) is 32.6 Å². The fourth-order valence-corrected chi connectivity index (χ4v) is 4.12. The minimum absolute atomic E-state index is 0.0584. The number of piperidine rings is 1. The molecule has 0 spiro atoms. The summed E-state index contributed by atoms with van der Waals surface area (Å²) in [7, 11) is 1.28. The molecular weight excluding hydrogens is 358 g/mol. The molecule has 0 radical (unpaired) electrons. The molecule has 3 rings (SSSR count). The second kappa shape index (κ2) is 8.07. The van der Waals surface area contributed by atoms with Crippen LogP contribution in [0.2, 0.25) is 0 Å². The largest absolute Gasteiger partial charge is 0.453 e. The molecule has 2 heterocycles. The van der Waals surface area contributed by atoms with Crippen LogP contribution in [0.25, 0.3) is 0 Å². The van der Waals surface area contributed by atoms with Gasteiger partial charge in [-0.15, -0.1) is 11.6 Å². The highest BCUT2D eigenvalue weighted by Gasteiger charge is 2.41. The lowest BCUT2D eigenvalue weighted by molar-refractivity contribution is -0.130. The summed E-state index contributed by atoms with van der Waals surface area (Å²) in [5.41, 5.74) is 0. The van der Waals surface area contributed by atoms with Gasteiger partial charge in [0.2, 0.25) is 11.9 Å². The van der Waals surface area contributed by atoms with Crippen LogP contribution in [0.3, 0.4) is 0 Å². The number of aromatic nitrogens is 2. The van der Waals surface area contributed by atoms with E-state index in [4.69, 9.17) is 11.6 Å². The van der Waals surface area contributed by atoms with Crippen molar-refractivity contribution in [1.29, 1.82) is 0 Å². The SMILES string of the molecule is COC(=O)Nc1ccnc(N[C@@H](C)C2CC3CC(Cl)CCC3NC2=O)n1. The van der Waals surface area contributed by atoms with Crippen LogP contribution >= 0.6 is 11.6 Å². The minimum atomic E-state index is -0.603. The maximum atomic E-state index is 12.5. The Labute approximate surface area is 157 Å². The number of alkyl halides is 1. The molecule has 142 valence electrons. The molecule has 9 heteroatoms. The van der Waals surface area contributed by atoms with Crippen molar-refractivity contribution in [2.24, 2.45) is 11.8 Å². The predicted octanol–water partition coefficient (Wildman–Crippen LogP) is 2.37. The van der Waals surface area contributed by atoms with Crippen molar-refractivity contribution in [1.82, 2.24) is 15.3 Å². The molecule has 1 aromatic rings. The second-order valence-electron chi connectivity index (χ2n) is 6.94. The van der Waals surface area contributed by atoms with Gasteiger partial charge in [-0.25, -0.2) is 9.78 Å². The molecule has 0 aromatic carbocycles. The molecule has 2 fully saturated rings. The normalized spacial score (nSPS) is 29.1. The van der Waals surface area contributed by atoms with Gasteiger partial charge < -0.3 is 15.4 Å². The summed E-state index contributed by atoms with van der Waals surface area (Å²) in [5.74, 6) is 0.959. The standard InChI is InChI=1S/C17H24ClN5O3/c1-9(20-16-19-6-5-14(22-16)23-17(25)26-2)12-8-10-7-11(18)3-4-13(10)21-15(12)24/h5-6,9-13H,3-4,7-8H2,1-2H3,(H,21,24)(H2,19,20,22,23,25)/t9-,10?,11?,12?,13?/m0/s1. The van der Waals surface area contributed by atoms with Crippen LogP contribution in [0.4, 0.5) is 16.6 Å². The van der Waals surface area contributed by atoms with Gasteiger partial charge in [0.05, 0.1) is 13.0 Å². The summed E-state index contributed by atoms with van der Waals surface area (Å²) in [6.07, 6.45) is 4.56. The average Bonchev–Trinajstić information content (AvgIpc) is 2.61. The summed E-state index contributed by atoms with van der Waals surface area (Å²) in [4.78, 5) is 32.2. The van der Waals surface area contributed by atoms with E-state index in [0.29, 0.717) is 17.7 Å². The van der Waals surface area contributed by atoms with Crippen molar-refractivity contribution in [2.45, 2.75) is 50.1 Å². The Morgan fingerprint density at radius 1 is 1.42 bits per heavy atom. The van der Waals surface area contributed by atoms with Crippen molar-refractivity contribution >= 4 is 35.4 Å². The van der Waals surface area contributed by atoms with E-state index in [1.165, 1.54) is 13.3 Å². The number of hydrogen-bond donors (Lipinski definition) is 3. The van der Waals surface area contributed by atoms with Gasteiger partial charge in [-0.05, 0) is 44.6 Å². The summed E-state index contributed by atoms with van der Waals surface area (Å²) in [5, 5.41) is 9.00. The molecule has 1 saturated carbocycles. The van der Waals surface area contributed by atoms with Crippen molar-refractivity contribution in [3.8, 4) is 0 Å². The van der Waals surface area contributed by atoms with E-state index in [-0.39, 0.29) is 29.3 Å². The number of nitrogens with one attached hydrogen (secondary N) is 3. The van der Waals surface area contributed by atoms with Crippen molar-refractivity contribution < 1.29 is 14.3 Å². The molecule has 2 aliphatic rings. The Bertz CT molecular complexity index is 674. The first-order chi connectivity index (χ1) is 12.5. The highest BCUT2D eigenvalue weighted by Crippen LogP contribution is 2.36. The number of nitrogens with zero attached hydrogens (tertiary/aromatic N) is 2. The second-order valence-corrected chi connectivity index (χ2v) is 7.56. The van der Waals surface area contributed by atoms with E-state index in [9.17, 15) is 9.59 Å². The Hall–Kier alpha value is -2.09. The van der Waals surface area contributed by atoms with Crippen LogP contribution in [0, 0.1) is 11.8 Å². The molecule has 1 aliphatic heterocycles. The Balaban J connectivity index is 1.64. The number of amides is 2. The Morgan fingerprint density at radius 2 is 2.23 bits per heavy atom. The average molecular weight is 382 g/mol. The Morgan fingerprint density at radius 3 is 3.00 bits per heavy atom. The lowest BCUT2D eigenvalue weighted by Crippen LogP contribution is -2.55. The van der Waals surface area contributed by atoms with Gasteiger partial charge in [0.1, 0.15) is 5.82 Å². The summed E-state index contributed by atoms with van der Waals surface area (Å²) < 4.78 is 4.55. The third-order valence-electron chi connectivity index (χ3n) is 5.17. The van der Waals surface area contributed by atoms with Gasteiger partial charge in [-0.1, -0.05) is 0 Å². The number of anilines is 2. The monoisotopic (exact) mass is 381 g/mol. The molecule has 5 atom stereocenters. The van der Waals surface area contributed by atoms with Crippen molar-refractivity contribution in [3.63, 3.8) is 0 Å². The number of halogens is 1. The highest BCUT2D eigenvalue weighted by molar-refractivity contribution is 6.20. The first-order valence-electron chi connectivity index (χ1n) is 8.85. The van der Waals surface area contributed by atoms with Crippen molar-refractivity contribution in [3.05, 3.63) is 12.3 Å². The highest BCUT2D eigenvalue weighted by atomic mass is 35.5. The van der Waals surface area contributed by atoms with E-state index in [0.717, 1.165) is 25.7 Å². The molecule has 1 aromatic heterocycles. The van der Waals surface area contributed by atoms with Gasteiger partial charge >= 0.3 is 6.09 Å². The minimum Gasteiger partial charge on any atom is -0.453 e. The van der Waals surface area contributed by atoms with Gasteiger partial charge in [0, 0.05) is 23.7 Å². The molecule has 2 amide bonds. The number of carbonyl (C=O) groups is 2. The van der Waals surface area contributed by atoms with Gasteiger partial charge in [0.25, 0.3) is 0 Å². The molecule has 1 aliphatic carbocycles. The maximum Gasteiger partial charge on any atom is 0.412 e. The van der Waals surface area contributed by atoms with E-state index in [2.05, 4.69) is 30.7 Å². The van der Waals surface area contributed by atoms with Crippen LogP contribution < -0.4 is 16.0 Å². The lowest BCUT2D eigenvalue weighted by Gasteiger charge is -2.42. The zero-order valence-corrected chi connectivity index (χ0v) is 15.6. The Kier molecular flexibility index (Phi) is 5.80. The zero-order chi connectivity index (χ0) is 18.7. The fourth-order valence-electron chi connectivity index (χ4n) is 3.77. The van der Waals surface area contributed by atoms with Crippen LogP contribution in [0.5, 0.6) is 0 Å². The molecule has 0 bridgehead atoms. The van der Waals surface area contributed by atoms with Crippen molar-refractivity contribution in [2.75, 3.05) is 17.7 Å². The molecule has 3 N–H and O–H groups in total. The van der Waals surface area contributed by atoms with E-state index >= 15 is 0 Å². The number of hydrogen-bond acceptors (Lipinski definition) is 6. The molecule has 8 nitrogen and oxygen atoms in total. The summed E-state index contributed by atoms with van der Waals surface area (Å²) in [6, 6.07) is 1.65. The topological polar surface area (TPSA) is 105 Å². The fraction of sp³-hybridized carbons (Fsp3) is 0.647. The number of fused-ring (bicyclic) bond motifs is 1. The molecular formula is C17H24ClN5O3. The van der Waals surface area contributed by atoms with E-state index in [1.54, 1.807) is 6.07 Å². The summed E-state index contributed by atoms with van der Waals surface area (Å²) in [6.45, 7) is 1.94. The smallest absolute Gasteiger partial charge is 0.412 e. The number of methoxy groups -OCH3 is 1. The third-order valence-corrected chi connectivity index (χ3v) is 5.57. The molecule has 1 saturated heterocycles. The first kappa shape index (κ1) is 18.7. The van der Waals surface area contributed by atoms with Gasteiger partial charge in [-0.2, -0.15) is 4.98 Å². The van der Waals surface area contributed by atoms with Crippen LogP contribution in [-0.2, 0) is 9.53 Å². The lowest BCUT2D eigenvalue weighted by atomic mass is 9.74. The zero-order valence-electron chi connectivity index (χ0n) is 14.9. The van der Waals surface area contributed by atoms with E-state index < -0.39 is 6.09 Å². The molecule has 4 unspecified atom stereocenters. The van der Waals surface area contributed by atoms with Gasteiger partial charge in [0.15, 0.2) is 0 Å². The van der Waals surface area contributed by atoms with Crippen LogP contribution in [-0.4, -0.2) is 46.5 Å². The van der Waals surface area contributed by atoms with E-state index in [1.807, 2.05) is 6.92 Å². The van der Waals surface area contributed by atoms with Gasteiger partial charge in [-0.3, -0.25) is 10.1 Å².